The van der Waals surface area contributed by atoms with Gasteiger partial charge in [0.15, 0.2) is 0 Å². The van der Waals surface area contributed by atoms with Gasteiger partial charge in [-0.2, -0.15) is 0 Å². The molecule has 0 amide bonds. The highest BCUT2D eigenvalue weighted by molar-refractivity contribution is 5.41. The molecule has 0 spiro atoms. The van der Waals surface area contributed by atoms with Gasteiger partial charge in [-0.25, -0.2) is 0 Å². The monoisotopic (exact) mass is 285 g/mol. The second-order valence-electron chi connectivity index (χ2n) is 5.03. The number of benzene rings is 2. The number of hydrogen-bond donors (Lipinski definition) is 1. The van der Waals surface area contributed by atoms with Crippen LogP contribution in [0.1, 0.15) is 23.6 Å². The van der Waals surface area contributed by atoms with Crippen LogP contribution in [0.25, 0.3) is 0 Å². The van der Waals surface area contributed by atoms with Crippen LogP contribution in [0.15, 0.2) is 42.5 Å². The number of aryl methyl sites for hydroxylation is 1. The van der Waals surface area contributed by atoms with Crippen molar-refractivity contribution in [2.45, 2.75) is 27.0 Å². The molecule has 0 saturated carbocycles. The van der Waals surface area contributed by atoms with Gasteiger partial charge in [0, 0.05) is 18.2 Å². The van der Waals surface area contributed by atoms with Crippen molar-refractivity contribution in [2.75, 3.05) is 13.7 Å². The molecule has 0 aliphatic carbocycles. The zero-order chi connectivity index (χ0) is 15.1. The third-order valence-corrected chi connectivity index (χ3v) is 3.32. The Morgan fingerprint density at radius 2 is 1.95 bits per heavy atom. The van der Waals surface area contributed by atoms with E-state index in [-0.39, 0.29) is 0 Å². The maximum Gasteiger partial charge on any atom is 0.127 e. The van der Waals surface area contributed by atoms with Gasteiger partial charge in [0.25, 0.3) is 0 Å². The Morgan fingerprint density at radius 3 is 2.67 bits per heavy atom. The fourth-order valence-corrected chi connectivity index (χ4v) is 2.16. The second kappa shape index (κ2) is 7.70. The van der Waals surface area contributed by atoms with E-state index in [1.807, 2.05) is 18.2 Å². The average molecular weight is 285 g/mol. The molecule has 1 N–H and O–H groups in total. The molecular formula is C18H23NO2. The maximum absolute atomic E-state index is 6.00. The van der Waals surface area contributed by atoms with E-state index in [0.29, 0.717) is 6.61 Å². The van der Waals surface area contributed by atoms with Crippen molar-refractivity contribution in [3.05, 3.63) is 59.2 Å². The summed E-state index contributed by atoms with van der Waals surface area (Å²) in [6.45, 7) is 6.48. The van der Waals surface area contributed by atoms with Gasteiger partial charge in [-0.05, 0) is 25.1 Å². The minimum atomic E-state index is 0.563. The van der Waals surface area contributed by atoms with E-state index in [1.54, 1.807) is 7.11 Å². The van der Waals surface area contributed by atoms with Gasteiger partial charge in [0.05, 0.1) is 7.11 Å². The highest BCUT2D eigenvalue weighted by Crippen LogP contribution is 2.25. The SMILES string of the molecule is CCNCc1ccc(OC)cc1OCc1cccc(C)c1. The third kappa shape index (κ3) is 4.50. The van der Waals surface area contributed by atoms with E-state index < -0.39 is 0 Å². The predicted octanol–water partition coefficient (Wildman–Crippen LogP) is 3.69. The highest BCUT2D eigenvalue weighted by Gasteiger charge is 2.06. The molecule has 0 aromatic heterocycles. The van der Waals surface area contributed by atoms with Crippen LogP contribution in [0.2, 0.25) is 0 Å². The van der Waals surface area contributed by atoms with E-state index >= 15 is 0 Å². The molecular weight excluding hydrogens is 262 g/mol. The van der Waals surface area contributed by atoms with Crippen molar-refractivity contribution >= 4 is 0 Å². The Hall–Kier alpha value is -2.00. The van der Waals surface area contributed by atoms with Crippen LogP contribution in [0.5, 0.6) is 11.5 Å². The molecule has 21 heavy (non-hydrogen) atoms. The third-order valence-electron chi connectivity index (χ3n) is 3.32. The Balaban J connectivity index is 2.12. The van der Waals surface area contributed by atoms with Crippen LogP contribution in [0.3, 0.4) is 0 Å². The number of rotatable bonds is 7. The maximum atomic E-state index is 6.00. The van der Waals surface area contributed by atoms with Crippen LogP contribution in [-0.2, 0) is 13.2 Å². The van der Waals surface area contributed by atoms with Crippen molar-refractivity contribution in [2.24, 2.45) is 0 Å². The largest absolute Gasteiger partial charge is 0.497 e. The molecule has 0 bridgehead atoms. The second-order valence-corrected chi connectivity index (χ2v) is 5.03. The van der Waals surface area contributed by atoms with Crippen molar-refractivity contribution in [3.63, 3.8) is 0 Å². The van der Waals surface area contributed by atoms with E-state index in [9.17, 15) is 0 Å². The number of ether oxygens (including phenoxy) is 2. The minimum Gasteiger partial charge on any atom is -0.497 e. The van der Waals surface area contributed by atoms with Crippen LogP contribution in [-0.4, -0.2) is 13.7 Å². The standard InChI is InChI=1S/C18H23NO2/c1-4-19-12-16-8-9-17(20-3)11-18(16)21-13-15-7-5-6-14(2)10-15/h5-11,19H,4,12-13H2,1-3H3. The van der Waals surface area contributed by atoms with Crippen LogP contribution < -0.4 is 14.8 Å². The van der Waals surface area contributed by atoms with Gasteiger partial charge in [0.2, 0.25) is 0 Å². The zero-order valence-electron chi connectivity index (χ0n) is 13.0. The quantitative estimate of drug-likeness (QED) is 0.841. The summed E-state index contributed by atoms with van der Waals surface area (Å²) in [5.74, 6) is 1.69. The molecule has 2 aromatic rings. The topological polar surface area (TPSA) is 30.5 Å². The molecule has 0 heterocycles. The molecule has 0 aliphatic heterocycles. The Labute approximate surface area is 126 Å². The van der Waals surface area contributed by atoms with Crippen molar-refractivity contribution in [3.8, 4) is 11.5 Å². The molecule has 0 saturated heterocycles. The average Bonchev–Trinajstić information content (AvgIpc) is 2.51. The smallest absolute Gasteiger partial charge is 0.127 e. The minimum absolute atomic E-state index is 0.563. The lowest BCUT2D eigenvalue weighted by atomic mass is 10.1. The molecule has 2 rings (SSSR count). The van der Waals surface area contributed by atoms with Gasteiger partial charge in [0.1, 0.15) is 18.1 Å². The summed E-state index contributed by atoms with van der Waals surface area (Å²) in [4.78, 5) is 0. The van der Waals surface area contributed by atoms with E-state index in [2.05, 4.69) is 43.4 Å². The van der Waals surface area contributed by atoms with Crippen molar-refractivity contribution in [1.29, 1.82) is 0 Å². The highest BCUT2D eigenvalue weighted by atomic mass is 16.5. The summed E-state index contributed by atoms with van der Waals surface area (Å²) in [7, 11) is 1.67. The van der Waals surface area contributed by atoms with Gasteiger partial charge in [-0.1, -0.05) is 42.8 Å². The summed E-state index contributed by atoms with van der Waals surface area (Å²) >= 11 is 0. The van der Waals surface area contributed by atoms with Crippen molar-refractivity contribution < 1.29 is 9.47 Å². The van der Waals surface area contributed by atoms with Crippen molar-refractivity contribution in [1.82, 2.24) is 5.32 Å². The fraction of sp³-hybridized carbons (Fsp3) is 0.333. The van der Waals surface area contributed by atoms with Crippen LogP contribution in [0.4, 0.5) is 0 Å². The molecule has 3 heteroatoms. The van der Waals surface area contributed by atoms with Gasteiger partial charge in [-0.15, -0.1) is 0 Å². The lowest BCUT2D eigenvalue weighted by molar-refractivity contribution is 0.299. The fourth-order valence-electron chi connectivity index (χ4n) is 2.16. The number of nitrogens with one attached hydrogen (secondary N) is 1. The first-order valence-corrected chi connectivity index (χ1v) is 7.29. The first-order chi connectivity index (χ1) is 10.2. The molecule has 0 radical (unpaired) electrons. The van der Waals surface area contributed by atoms with E-state index in [1.165, 1.54) is 11.1 Å². The van der Waals surface area contributed by atoms with E-state index in [4.69, 9.17) is 9.47 Å². The zero-order valence-corrected chi connectivity index (χ0v) is 13.0. The van der Waals surface area contributed by atoms with Gasteiger partial charge >= 0.3 is 0 Å². The first-order valence-electron chi connectivity index (χ1n) is 7.29. The summed E-state index contributed by atoms with van der Waals surface area (Å²) in [5, 5.41) is 3.33. The van der Waals surface area contributed by atoms with Gasteiger partial charge in [-0.3, -0.25) is 0 Å². The Morgan fingerprint density at radius 1 is 1.10 bits per heavy atom. The Bertz CT molecular complexity index is 581. The molecule has 112 valence electrons. The summed E-state index contributed by atoms with van der Waals surface area (Å²) in [5.41, 5.74) is 3.56. The lowest BCUT2D eigenvalue weighted by Crippen LogP contribution is -2.13. The summed E-state index contributed by atoms with van der Waals surface area (Å²) < 4.78 is 11.3. The molecule has 3 nitrogen and oxygen atoms in total. The lowest BCUT2D eigenvalue weighted by Gasteiger charge is -2.13. The van der Waals surface area contributed by atoms with Crippen LogP contribution in [0, 0.1) is 6.92 Å². The van der Waals surface area contributed by atoms with Gasteiger partial charge < -0.3 is 14.8 Å². The molecule has 0 aliphatic rings. The molecule has 0 atom stereocenters. The Kier molecular flexibility index (Phi) is 5.64. The van der Waals surface area contributed by atoms with E-state index in [0.717, 1.165) is 30.2 Å². The number of methoxy groups -OCH3 is 1. The first kappa shape index (κ1) is 15.4. The number of hydrogen-bond acceptors (Lipinski definition) is 3. The predicted molar refractivity (Wildman–Crippen MR) is 85.9 cm³/mol. The van der Waals surface area contributed by atoms with Crippen LogP contribution >= 0.6 is 0 Å². The molecule has 0 unspecified atom stereocenters. The molecule has 0 fully saturated rings. The molecule has 2 aromatic carbocycles. The summed E-state index contributed by atoms with van der Waals surface area (Å²) in [6, 6.07) is 14.3. The summed E-state index contributed by atoms with van der Waals surface area (Å²) in [6.07, 6.45) is 0. The normalized spacial score (nSPS) is 10.4.